The van der Waals surface area contributed by atoms with Crippen molar-refractivity contribution >= 4 is 23.0 Å². The Balaban J connectivity index is 1.79. The molecular weight excluding hydrogens is 308 g/mol. The molecule has 1 saturated heterocycles. The SMILES string of the molecule is COc1cccc(N2C(=S)N[C@H]3C[C@]2(C)Oc2ccccc23)c1. The average Bonchev–Trinajstić information content (AvgIpc) is 2.54. The third-order valence-corrected chi connectivity index (χ3v) is 4.79. The van der Waals surface area contributed by atoms with E-state index >= 15 is 0 Å². The summed E-state index contributed by atoms with van der Waals surface area (Å²) in [6, 6.07) is 16.2. The Morgan fingerprint density at radius 1 is 1.26 bits per heavy atom. The van der Waals surface area contributed by atoms with Crippen LogP contribution in [0.4, 0.5) is 5.69 Å². The normalized spacial score (nSPS) is 25.2. The van der Waals surface area contributed by atoms with Crippen molar-refractivity contribution in [3.8, 4) is 11.5 Å². The molecule has 0 spiro atoms. The number of para-hydroxylation sites is 1. The molecule has 1 fully saturated rings. The highest BCUT2D eigenvalue weighted by atomic mass is 32.1. The lowest BCUT2D eigenvalue weighted by Crippen LogP contribution is -2.65. The van der Waals surface area contributed by atoms with Crippen LogP contribution < -0.4 is 19.7 Å². The minimum absolute atomic E-state index is 0.180. The van der Waals surface area contributed by atoms with Gasteiger partial charge in [-0.05, 0) is 37.3 Å². The van der Waals surface area contributed by atoms with Crippen molar-refractivity contribution in [2.45, 2.75) is 25.1 Å². The number of fused-ring (bicyclic) bond motifs is 4. The van der Waals surface area contributed by atoms with E-state index in [1.165, 1.54) is 0 Å². The molecule has 4 nitrogen and oxygen atoms in total. The quantitative estimate of drug-likeness (QED) is 0.852. The van der Waals surface area contributed by atoms with Gasteiger partial charge in [-0.1, -0.05) is 24.3 Å². The highest BCUT2D eigenvalue weighted by molar-refractivity contribution is 7.80. The summed E-state index contributed by atoms with van der Waals surface area (Å²) >= 11 is 5.64. The predicted molar refractivity (Wildman–Crippen MR) is 94.0 cm³/mol. The molecular formula is C18H18N2O2S. The summed E-state index contributed by atoms with van der Waals surface area (Å²) in [5, 5.41) is 4.12. The lowest BCUT2D eigenvalue weighted by Gasteiger charge is -2.52. The van der Waals surface area contributed by atoms with Gasteiger partial charge >= 0.3 is 0 Å². The number of hydrogen-bond donors (Lipinski definition) is 1. The topological polar surface area (TPSA) is 33.7 Å². The van der Waals surface area contributed by atoms with Gasteiger partial charge < -0.3 is 14.8 Å². The Labute approximate surface area is 141 Å². The van der Waals surface area contributed by atoms with E-state index in [-0.39, 0.29) is 6.04 Å². The van der Waals surface area contributed by atoms with Crippen molar-refractivity contribution in [1.29, 1.82) is 0 Å². The van der Waals surface area contributed by atoms with Crippen LogP contribution >= 0.6 is 12.2 Å². The maximum atomic E-state index is 6.36. The molecule has 2 atom stereocenters. The fourth-order valence-electron chi connectivity index (χ4n) is 3.46. The second-order valence-corrected chi connectivity index (χ2v) is 6.44. The molecule has 2 aliphatic heterocycles. The first-order valence-electron chi connectivity index (χ1n) is 7.63. The number of hydrogen-bond acceptors (Lipinski definition) is 3. The zero-order valence-corrected chi connectivity index (χ0v) is 13.9. The number of anilines is 1. The number of nitrogens with one attached hydrogen (secondary N) is 1. The summed E-state index contributed by atoms with van der Waals surface area (Å²) in [4.78, 5) is 2.04. The van der Waals surface area contributed by atoms with Crippen LogP contribution in [0.2, 0.25) is 0 Å². The van der Waals surface area contributed by atoms with Crippen molar-refractivity contribution in [2.24, 2.45) is 0 Å². The first-order valence-corrected chi connectivity index (χ1v) is 8.04. The zero-order chi connectivity index (χ0) is 16.0. The highest BCUT2D eigenvalue weighted by Gasteiger charge is 2.48. The predicted octanol–water partition coefficient (Wildman–Crippen LogP) is 3.63. The van der Waals surface area contributed by atoms with Gasteiger partial charge in [0.2, 0.25) is 0 Å². The maximum Gasteiger partial charge on any atom is 0.188 e. The first-order chi connectivity index (χ1) is 11.1. The molecule has 0 unspecified atom stereocenters. The molecule has 118 valence electrons. The molecule has 2 aromatic carbocycles. The van der Waals surface area contributed by atoms with Crippen LogP contribution in [0.15, 0.2) is 48.5 Å². The Kier molecular flexibility index (Phi) is 3.20. The second kappa shape index (κ2) is 5.13. The van der Waals surface area contributed by atoms with Gasteiger partial charge in [0, 0.05) is 18.1 Å². The summed E-state index contributed by atoms with van der Waals surface area (Å²) in [7, 11) is 1.66. The van der Waals surface area contributed by atoms with Crippen LogP contribution in [-0.2, 0) is 0 Å². The van der Waals surface area contributed by atoms with Gasteiger partial charge in [-0.2, -0.15) is 0 Å². The Bertz CT molecular complexity index is 779. The van der Waals surface area contributed by atoms with Crippen molar-refractivity contribution in [1.82, 2.24) is 5.32 Å². The van der Waals surface area contributed by atoms with Gasteiger partial charge in [-0.25, -0.2) is 0 Å². The van der Waals surface area contributed by atoms with Crippen LogP contribution in [0.5, 0.6) is 11.5 Å². The summed E-state index contributed by atoms with van der Waals surface area (Å²) in [5.74, 6) is 1.71. The molecule has 1 N–H and O–H groups in total. The monoisotopic (exact) mass is 326 g/mol. The molecule has 23 heavy (non-hydrogen) atoms. The first kappa shape index (κ1) is 14.3. The van der Waals surface area contributed by atoms with Gasteiger partial charge in [0.25, 0.3) is 0 Å². The molecule has 0 saturated carbocycles. The zero-order valence-electron chi connectivity index (χ0n) is 13.1. The van der Waals surface area contributed by atoms with Gasteiger partial charge in [0.1, 0.15) is 11.5 Å². The van der Waals surface area contributed by atoms with Gasteiger partial charge in [-0.15, -0.1) is 0 Å². The lowest BCUT2D eigenvalue weighted by molar-refractivity contribution is 0.0497. The van der Waals surface area contributed by atoms with E-state index in [4.69, 9.17) is 21.7 Å². The standard InChI is InChI=1S/C18H18N2O2S/c1-18-11-15(14-8-3-4-9-16(14)22-18)19-17(23)20(18)12-6-5-7-13(10-12)21-2/h3-10,15H,11H2,1-2H3,(H,19,23)/t15-,18-/m0/s1. The van der Waals surface area contributed by atoms with Crippen molar-refractivity contribution in [3.05, 3.63) is 54.1 Å². The van der Waals surface area contributed by atoms with Gasteiger partial charge in [-0.3, -0.25) is 4.90 Å². The molecule has 2 heterocycles. The molecule has 0 aliphatic carbocycles. The van der Waals surface area contributed by atoms with Crippen molar-refractivity contribution in [3.63, 3.8) is 0 Å². The molecule has 2 aliphatic rings. The van der Waals surface area contributed by atoms with E-state index in [0.717, 1.165) is 29.2 Å². The number of rotatable bonds is 2. The smallest absolute Gasteiger partial charge is 0.188 e. The number of thiocarbonyl (C=S) groups is 1. The maximum absolute atomic E-state index is 6.36. The lowest BCUT2D eigenvalue weighted by atomic mass is 9.90. The molecule has 5 heteroatoms. The molecule has 2 bridgehead atoms. The van der Waals surface area contributed by atoms with Crippen LogP contribution in [0, 0.1) is 0 Å². The Hall–Kier alpha value is -2.27. The van der Waals surface area contributed by atoms with Crippen LogP contribution in [0.3, 0.4) is 0 Å². The number of benzene rings is 2. The van der Waals surface area contributed by atoms with Gasteiger partial charge in [0.05, 0.1) is 18.8 Å². The molecule has 0 amide bonds. The average molecular weight is 326 g/mol. The fourth-order valence-corrected chi connectivity index (χ4v) is 3.90. The number of nitrogens with zero attached hydrogens (tertiary/aromatic N) is 1. The minimum Gasteiger partial charge on any atom is -0.497 e. The summed E-state index contributed by atoms with van der Waals surface area (Å²) in [5.41, 5.74) is 1.60. The molecule has 2 aromatic rings. The van der Waals surface area contributed by atoms with Crippen molar-refractivity contribution < 1.29 is 9.47 Å². The van der Waals surface area contributed by atoms with Gasteiger partial charge in [0.15, 0.2) is 10.8 Å². The van der Waals surface area contributed by atoms with Crippen LogP contribution in [0.25, 0.3) is 0 Å². The fraction of sp³-hybridized carbons (Fsp3) is 0.278. The molecule has 4 rings (SSSR count). The summed E-state index contributed by atoms with van der Waals surface area (Å²) in [6.07, 6.45) is 0.821. The van der Waals surface area contributed by atoms with E-state index in [0.29, 0.717) is 5.11 Å². The Morgan fingerprint density at radius 3 is 2.91 bits per heavy atom. The Morgan fingerprint density at radius 2 is 2.09 bits per heavy atom. The molecule has 0 aromatic heterocycles. The van der Waals surface area contributed by atoms with E-state index < -0.39 is 5.72 Å². The van der Waals surface area contributed by atoms with E-state index in [1.54, 1.807) is 7.11 Å². The van der Waals surface area contributed by atoms with E-state index in [9.17, 15) is 0 Å². The summed E-state index contributed by atoms with van der Waals surface area (Å²) in [6.45, 7) is 2.09. The van der Waals surface area contributed by atoms with Crippen LogP contribution in [0.1, 0.15) is 24.9 Å². The number of ether oxygens (including phenoxy) is 2. The van der Waals surface area contributed by atoms with E-state index in [2.05, 4.69) is 18.3 Å². The summed E-state index contributed by atoms with van der Waals surface area (Å²) < 4.78 is 11.7. The number of methoxy groups -OCH3 is 1. The largest absolute Gasteiger partial charge is 0.497 e. The van der Waals surface area contributed by atoms with Crippen molar-refractivity contribution in [2.75, 3.05) is 12.0 Å². The third kappa shape index (κ3) is 2.23. The minimum atomic E-state index is -0.520. The molecule has 0 radical (unpaired) electrons. The van der Waals surface area contributed by atoms with Crippen LogP contribution in [-0.4, -0.2) is 17.9 Å². The highest BCUT2D eigenvalue weighted by Crippen LogP contribution is 2.45. The second-order valence-electron chi connectivity index (χ2n) is 6.06. The third-order valence-electron chi connectivity index (χ3n) is 4.49. The van der Waals surface area contributed by atoms with E-state index in [1.807, 2.05) is 47.4 Å².